The van der Waals surface area contributed by atoms with Gasteiger partial charge in [-0.1, -0.05) is 0 Å². The molecule has 1 saturated carbocycles. The standard InChI is InChI=1S/C8H6Cl2N4O/c9-6-12-7(10)14-8(13-6)15-3-5-1-4(5)2-11/h4-5H,1,3H2/t4-,5+/m1/s1. The van der Waals surface area contributed by atoms with Gasteiger partial charge in [-0.3, -0.25) is 0 Å². The Hall–Kier alpha value is -1.12. The SMILES string of the molecule is N#C[C@H]1C[C@H]1COc1nc(Cl)nc(Cl)n1. The van der Waals surface area contributed by atoms with E-state index in [1.54, 1.807) is 0 Å². The Kier molecular flexibility index (Phi) is 2.89. The molecule has 1 heterocycles. The van der Waals surface area contributed by atoms with E-state index in [2.05, 4.69) is 21.0 Å². The van der Waals surface area contributed by atoms with E-state index < -0.39 is 0 Å². The minimum Gasteiger partial charge on any atom is -0.463 e. The van der Waals surface area contributed by atoms with Crippen LogP contribution in [0.1, 0.15) is 6.42 Å². The Balaban J connectivity index is 1.92. The third-order valence-corrected chi connectivity index (χ3v) is 2.41. The second-order valence-corrected chi connectivity index (χ2v) is 3.87. The Morgan fingerprint density at radius 3 is 2.53 bits per heavy atom. The van der Waals surface area contributed by atoms with Crippen LogP contribution in [-0.2, 0) is 0 Å². The van der Waals surface area contributed by atoms with Crippen LogP contribution in [0.15, 0.2) is 0 Å². The van der Waals surface area contributed by atoms with E-state index >= 15 is 0 Å². The van der Waals surface area contributed by atoms with Crippen LogP contribution < -0.4 is 4.74 Å². The van der Waals surface area contributed by atoms with Gasteiger partial charge in [0.1, 0.15) is 0 Å². The van der Waals surface area contributed by atoms with Crippen molar-refractivity contribution in [3.8, 4) is 12.1 Å². The molecule has 15 heavy (non-hydrogen) atoms. The van der Waals surface area contributed by atoms with Gasteiger partial charge in [-0.15, -0.1) is 0 Å². The van der Waals surface area contributed by atoms with Crippen molar-refractivity contribution in [2.24, 2.45) is 11.8 Å². The fourth-order valence-corrected chi connectivity index (χ4v) is 1.49. The first-order chi connectivity index (χ1) is 7.19. The molecule has 1 aliphatic carbocycles. The van der Waals surface area contributed by atoms with Crippen molar-refractivity contribution in [1.82, 2.24) is 15.0 Å². The number of nitrogens with zero attached hydrogens (tertiary/aromatic N) is 4. The number of hydrogen-bond acceptors (Lipinski definition) is 5. The monoisotopic (exact) mass is 244 g/mol. The summed E-state index contributed by atoms with van der Waals surface area (Å²) in [5.74, 6) is 0.363. The maximum atomic E-state index is 8.57. The van der Waals surface area contributed by atoms with Gasteiger partial charge in [-0.25, -0.2) is 0 Å². The molecule has 0 aliphatic heterocycles. The molecule has 2 rings (SSSR count). The summed E-state index contributed by atoms with van der Waals surface area (Å²) in [4.78, 5) is 11.1. The molecule has 2 atom stereocenters. The Bertz CT molecular complexity index is 399. The van der Waals surface area contributed by atoms with Gasteiger partial charge >= 0.3 is 6.01 Å². The van der Waals surface area contributed by atoms with Gasteiger partial charge in [0.25, 0.3) is 0 Å². The van der Waals surface area contributed by atoms with Crippen LogP contribution in [-0.4, -0.2) is 21.6 Å². The summed E-state index contributed by atoms with van der Waals surface area (Å²) in [6.45, 7) is 0.412. The van der Waals surface area contributed by atoms with Crippen LogP contribution >= 0.6 is 23.2 Å². The Morgan fingerprint density at radius 2 is 2.00 bits per heavy atom. The molecule has 0 amide bonds. The molecule has 0 spiro atoms. The Labute approximate surface area is 96.0 Å². The van der Waals surface area contributed by atoms with Gasteiger partial charge in [-0.05, 0) is 29.6 Å². The molecular weight excluding hydrogens is 239 g/mol. The van der Waals surface area contributed by atoms with Crippen molar-refractivity contribution in [3.63, 3.8) is 0 Å². The molecule has 0 radical (unpaired) electrons. The molecule has 1 aromatic rings. The first-order valence-electron chi connectivity index (χ1n) is 4.28. The van der Waals surface area contributed by atoms with Gasteiger partial charge in [0, 0.05) is 5.92 Å². The van der Waals surface area contributed by atoms with Crippen molar-refractivity contribution in [2.45, 2.75) is 6.42 Å². The molecule has 0 saturated heterocycles. The minimum atomic E-state index is -0.00219. The fraction of sp³-hybridized carbons (Fsp3) is 0.500. The molecule has 1 aliphatic rings. The number of halogens is 2. The van der Waals surface area contributed by atoms with Crippen molar-refractivity contribution < 1.29 is 4.74 Å². The van der Waals surface area contributed by atoms with E-state index in [0.29, 0.717) is 6.61 Å². The van der Waals surface area contributed by atoms with E-state index in [9.17, 15) is 0 Å². The molecule has 0 unspecified atom stereocenters. The van der Waals surface area contributed by atoms with Crippen LogP contribution in [0.2, 0.25) is 10.6 Å². The van der Waals surface area contributed by atoms with Crippen LogP contribution in [0.3, 0.4) is 0 Å². The minimum absolute atomic E-state index is 0.00219. The quantitative estimate of drug-likeness (QED) is 0.810. The van der Waals surface area contributed by atoms with Gasteiger partial charge in [-0.2, -0.15) is 20.2 Å². The zero-order chi connectivity index (χ0) is 10.8. The van der Waals surface area contributed by atoms with Crippen LogP contribution in [0, 0.1) is 23.2 Å². The van der Waals surface area contributed by atoms with E-state index in [4.69, 9.17) is 33.2 Å². The van der Waals surface area contributed by atoms with Gasteiger partial charge in [0.15, 0.2) is 0 Å². The van der Waals surface area contributed by atoms with Gasteiger partial charge < -0.3 is 4.74 Å². The predicted molar refractivity (Wildman–Crippen MR) is 52.6 cm³/mol. The molecule has 7 heteroatoms. The van der Waals surface area contributed by atoms with E-state index in [1.807, 2.05) is 0 Å². The van der Waals surface area contributed by atoms with E-state index in [1.165, 1.54) is 0 Å². The first kappa shape index (κ1) is 10.4. The number of nitriles is 1. The fourth-order valence-electron chi connectivity index (χ4n) is 1.15. The normalized spacial score (nSPS) is 23.3. The van der Waals surface area contributed by atoms with Crippen LogP contribution in [0.4, 0.5) is 0 Å². The highest BCUT2D eigenvalue weighted by molar-refractivity contribution is 6.31. The highest BCUT2D eigenvalue weighted by Crippen LogP contribution is 2.37. The molecule has 0 bridgehead atoms. The number of ether oxygens (including phenoxy) is 1. The van der Waals surface area contributed by atoms with E-state index in [0.717, 1.165) is 6.42 Å². The summed E-state index contributed by atoms with van der Waals surface area (Å²) in [6.07, 6.45) is 0.864. The molecular formula is C8H6Cl2N4O. The molecule has 1 aromatic heterocycles. The third-order valence-electron chi connectivity index (χ3n) is 2.08. The topological polar surface area (TPSA) is 71.7 Å². The molecule has 78 valence electrons. The van der Waals surface area contributed by atoms with Crippen LogP contribution in [0.25, 0.3) is 0 Å². The summed E-state index contributed by atoms with van der Waals surface area (Å²) in [6, 6.07) is 2.26. The molecule has 0 N–H and O–H groups in total. The number of hydrogen-bond donors (Lipinski definition) is 0. The zero-order valence-electron chi connectivity index (χ0n) is 7.52. The van der Waals surface area contributed by atoms with Crippen molar-refractivity contribution >= 4 is 23.2 Å². The molecule has 5 nitrogen and oxygen atoms in total. The maximum Gasteiger partial charge on any atom is 0.322 e. The molecule has 1 fully saturated rings. The smallest absolute Gasteiger partial charge is 0.322 e. The summed E-state index contributed by atoms with van der Waals surface area (Å²) in [5.41, 5.74) is 0. The predicted octanol–water partition coefficient (Wildman–Crippen LogP) is 1.72. The maximum absolute atomic E-state index is 8.57. The summed E-state index contributed by atoms with van der Waals surface area (Å²) < 4.78 is 5.24. The van der Waals surface area contributed by atoms with Crippen molar-refractivity contribution in [3.05, 3.63) is 10.6 Å². The lowest BCUT2D eigenvalue weighted by atomic mass is 10.3. The summed E-state index contributed by atoms with van der Waals surface area (Å²) >= 11 is 11.1. The Morgan fingerprint density at radius 1 is 1.33 bits per heavy atom. The van der Waals surface area contributed by atoms with E-state index in [-0.39, 0.29) is 28.4 Å². The number of rotatable bonds is 3. The highest BCUT2D eigenvalue weighted by atomic mass is 35.5. The highest BCUT2D eigenvalue weighted by Gasteiger charge is 2.38. The van der Waals surface area contributed by atoms with Crippen LogP contribution in [0.5, 0.6) is 6.01 Å². The second-order valence-electron chi connectivity index (χ2n) is 3.20. The molecule has 0 aromatic carbocycles. The number of aromatic nitrogens is 3. The summed E-state index contributed by atoms with van der Waals surface area (Å²) in [7, 11) is 0. The average molecular weight is 245 g/mol. The summed E-state index contributed by atoms with van der Waals surface area (Å²) in [5, 5.41) is 8.57. The van der Waals surface area contributed by atoms with Crippen molar-refractivity contribution in [1.29, 1.82) is 5.26 Å². The lowest BCUT2D eigenvalue weighted by Crippen LogP contribution is -2.05. The lowest BCUT2D eigenvalue weighted by Gasteiger charge is -2.02. The van der Waals surface area contributed by atoms with Gasteiger partial charge in [0.2, 0.25) is 10.6 Å². The van der Waals surface area contributed by atoms with Crippen molar-refractivity contribution in [2.75, 3.05) is 6.61 Å². The third kappa shape index (κ3) is 2.67. The second kappa shape index (κ2) is 4.17. The average Bonchev–Trinajstić information content (AvgIpc) is 2.91. The largest absolute Gasteiger partial charge is 0.463 e. The lowest BCUT2D eigenvalue weighted by molar-refractivity contribution is 0.272. The zero-order valence-corrected chi connectivity index (χ0v) is 9.03. The van der Waals surface area contributed by atoms with Gasteiger partial charge in [0.05, 0.1) is 18.6 Å². The first-order valence-corrected chi connectivity index (χ1v) is 5.04.